The van der Waals surface area contributed by atoms with E-state index >= 15 is 0 Å². The second-order valence-electron chi connectivity index (χ2n) is 4.72. The number of carbonyl (C=O) groups excluding carboxylic acids is 1. The van der Waals surface area contributed by atoms with Crippen molar-refractivity contribution in [3.63, 3.8) is 0 Å². The van der Waals surface area contributed by atoms with Gasteiger partial charge in [0.2, 0.25) is 0 Å². The molecule has 0 radical (unpaired) electrons. The number of carbonyl (C=O) groups is 1. The van der Waals surface area contributed by atoms with Crippen molar-refractivity contribution in [1.29, 1.82) is 0 Å². The monoisotopic (exact) mass is 334 g/mol. The van der Waals surface area contributed by atoms with Gasteiger partial charge >= 0.3 is 6.61 Å². The van der Waals surface area contributed by atoms with Crippen molar-refractivity contribution < 1.29 is 27.8 Å². The maximum atomic E-state index is 12.4. The van der Waals surface area contributed by atoms with Crippen LogP contribution in [0.3, 0.4) is 0 Å². The second-order valence-corrected chi connectivity index (χ2v) is 4.72. The van der Waals surface area contributed by atoms with Gasteiger partial charge in [0.1, 0.15) is 5.75 Å². The molecule has 0 aliphatic carbocycles. The van der Waals surface area contributed by atoms with Gasteiger partial charge in [-0.1, -0.05) is 24.3 Å². The van der Waals surface area contributed by atoms with E-state index < -0.39 is 6.61 Å². The number of methoxy groups -OCH3 is 2. The Labute approximate surface area is 138 Å². The summed E-state index contributed by atoms with van der Waals surface area (Å²) >= 11 is 0. The molecule has 0 saturated carbocycles. The molecule has 4 nitrogen and oxygen atoms in total. The molecule has 126 valence electrons. The van der Waals surface area contributed by atoms with Gasteiger partial charge in [0.05, 0.1) is 14.2 Å². The van der Waals surface area contributed by atoms with E-state index in [1.807, 2.05) is 0 Å². The van der Waals surface area contributed by atoms with Crippen molar-refractivity contribution in [2.24, 2.45) is 0 Å². The molecule has 0 amide bonds. The smallest absolute Gasteiger partial charge is 0.387 e. The zero-order chi connectivity index (χ0) is 17.5. The number of alkyl halides is 2. The van der Waals surface area contributed by atoms with E-state index in [0.29, 0.717) is 16.9 Å². The average molecular weight is 334 g/mol. The number of ketones is 1. The minimum atomic E-state index is -2.96. The third-order valence-electron chi connectivity index (χ3n) is 3.19. The number of hydrogen-bond acceptors (Lipinski definition) is 4. The lowest BCUT2D eigenvalue weighted by Gasteiger charge is -2.10. The molecule has 0 bridgehead atoms. The Morgan fingerprint density at radius 1 is 1.04 bits per heavy atom. The summed E-state index contributed by atoms with van der Waals surface area (Å²) in [5.74, 6) is 0.433. The van der Waals surface area contributed by atoms with Gasteiger partial charge < -0.3 is 14.2 Å². The molecule has 2 aromatic carbocycles. The van der Waals surface area contributed by atoms with Gasteiger partial charge in [0, 0.05) is 5.56 Å². The number of benzene rings is 2. The van der Waals surface area contributed by atoms with Gasteiger partial charge in [-0.3, -0.25) is 4.79 Å². The van der Waals surface area contributed by atoms with Crippen LogP contribution in [-0.4, -0.2) is 26.6 Å². The average Bonchev–Trinajstić information content (AvgIpc) is 2.59. The first-order chi connectivity index (χ1) is 11.5. The lowest BCUT2D eigenvalue weighted by molar-refractivity contribution is -0.0512. The minimum absolute atomic E-state index is 0.0940. The van der Waals surface area contributed by atoms with Crippen molar-refractivity contribution in [3.05, 3.63) is 59.7 Å². The Balaban J connectivity index is 2.20. The van der Waals surface area contributed by atoms with Crippen molar-refractivity contribution >= 4 is 11.9 Å². The van der Waals surface area contributed by atoms with Crippen LogP contribution in [0.1, 0.15) is 15.9 Å². The number of hydrogen-bond donors (Lipinski definition) is 0. The van der Waals surface area contributed by atoms with Gasteiger partial charge in [-0.05, 0) is 35.9 Å². The standard InChI is InChI=1S/C18H16F2O4/c1-22-14-5-3-4-13(11-14)15(21)8-6-12-7-9-16(23-2)17(10-12)24-18(19)20/h3-11,18H,1-2H3/b8-6+. The van der Waals surface area contributed by atoms with Crippen LogP contribution >= 0.6 is 0 Å². The Morgan fingerprint density at radius 3 is 2.50 bits per heavy atom. The summed E-state index contributed by atoms with van der Waals surface area (Å²) in [7, 11) is 2.87. The van der Waals surface area contributed by atoms with Crippen LogP contribution in [-0.2, 0) is 0 Å². The largest absolute Gasteiger partial charge is 0.497 e. The van der Waals surface area contributed by atoms with E-state index in [4.69, 9.17) is 9.47 Å². The molecule has 24 heavy (non-hydrogen) atoms. The molecule has 2 aromatic rings. The summed E-state index contributed by atoms with van der Waals surface area (Å²) in [6, 6.07) is 11.2. The highest BCUT2D eigenvalue weighted by molar-refractivity contribution is 6.07. The quantitative estimate of drug-likeness (QED) is 0.562. The molecule has 0 aliphatic heterocycles. The zero-order valence-electron chi connectivity index (χ0n) is 13.2. The molecule has 2 rings (SSSR count). The second kappa shape index (κ2) is 8.10. The van der Waals surface area contributed by atoms with Gasteiger partial charge in [-0.15, -0.1) is 0 Å². The fraction of sp³-hybridized carbons (Fsp3) is 0.167. The SMILES string of the molecule is COc1cccc(C(=O)/C=C/c2ccc(OC)c(OC(F)F)c2)c1. The predicted molar refractivity (Wildman–Crippen MR) is 86.0 cm³/mol. The zero-order valence-corrected chi connectivity index (χ0v) is 13.2. The van der Waals surface area contributed by atoms with Crippen molar-refractivity contribution in [3.8, 4) is 17.2 Å². The summed E-state index contributed by atoms with van der Waals surface area (Å²) in [4.78, 5) is 12.2. The van der Waals surface area contributed by atoms with Crippen LogP contribution in [0.2, 0.25) is 0 Å². The maximum Gasteiger partial charge on any atom is 0.387 e. The van der Waals surface area contributed by atoms with Crippen LogP contribution in [0.25, 0.3) is 6.08 Å². The maximum absolute atomic E-state index is 12.4. The summed E-state index contributed by atoms with van der Waals surface area (Å²) in [6.45, 7) is -2.96. The highest BCUT2D eigenvalue weighted by Crippen LogP contribution is 2.30. The Hall–Kier alpha value is -2.89. The van der Waals surface area contributed by atoms with E-state index in [1.54, 1.807) is 30.3 Å². The van der Waals surface area contributed by atoms with Crippen LogP contribution in [0, 0.1) is 0 Å². The lowest BCUT2D eigenvalue weighted by Crippen LogP contribution is -2.03. The van der Waals surface area contributed by atoms with E-state index in [1.165, 1.54) is 38.5 Å². The van der Waals surface area contributed by atoms with E-state index in [-0.39, 0.29) is 17.3 Å². The summed E-state index contributed by atoms with van der Waals surface area (Å²) in [5.41, 5.74) is 0.992. The molecule has 0 spiro atoms. The van der Waals surface area contributed by atoms with Gasteiger partial charge in [-0.25, -0.2) is 0 Å². The number of halogens is 2. The Morgan fingerprint density at radius 2 is 1.83 bits per heavy atom. The lowest BCUT2D eigenvalue weighted by atomic mass is 10.1. The third kappa shape index (κ3) is 4.55. The molecule has 0 atom stereocenters. The number of rotatable bonds is 7. The van der Waals surface area contributed by atoms with Gasteiger partial charge in [0.15, 0.2) is 17.3 Å². The fourth-order valence-electron chi connectivity index (χ4n) is 2.03. The fourth-order valence-corrected chi connectivity index (χ4v) is 2.03. The van der Waals surface area contributed by atoms with E-state index in [0.717, 1.165) is 0 Å². The normalized spacial score (nSPS) is 10.9. The summed E-state index contributed by atoms with van der Waals surface area (Å²) < 4.78 is 39.3. The minimum Gasteiger partial charge on any atom is -0.497 e. The molecular weight excluding hydrogens is 318 g/mol. The Bertz CT molecular complexity index is 742. The molecule has 0 heterocycles. The molecule has 0 N–H and O–H groups in total. The predicted octanol–water partition coefficient (Wildman–Crippen LogP) is 4.20. The molecule has 0 fully saturated rings. The van der Waals surface area contributed by atoms with Crippen LogP contribution < -0.4 is 14.2 Å². The molecule has 0 aromatic heterocycles. The molecule has 6 heteroatoms. The van der Waals surface area contributed by atoms with Gasteiger partial charge in [-0.2, -0.15) is 8.78 Å². The van der Waals surface area contributed by atoms with Crippen molar-refractivity contribution in [2.45, 2.75) is 6.61 Å². The van der Waals surface area contributed by atoms with E-state index in [9.17, 15) is 13.6 Å². The van der Waals surface area contributed by atoms with Crippen molar-refractivity contribution in [2.75, 3.05) is 14.2 Å². The van der Waals surface area contributed by atoms with Crippen LogP contribution in [0.15, 0.2) is 48.5 Å². The topological polar surface area (TPSA) is 44.8 Å². The summed E-state index contributed by atoms with van der Waals surface area (Å²) in [5, 5.41) is 0. The number of ether oxygens (including phenoxy) is 3. The first kappa shape index (κ1) is 17.5. The highest BCUT2D eigenvalue weighted by Gasteiger charge is 2.11. The third-order valence-corrected chi connectivity index (χ3v) is 3.19. The highest BCUT2D eigenvalue weighted by atomic mass is 19.3. The number of allylic oxidation sites excluding steroid dienone is 1. The molecule has 0 aliphatic rings. The van der Waals surface area contributed by atoms with Crippen LogP contribution in [0.4, 0.5) is 8.78 Å². The molecular formula is C18H16F2O4. The first-order valence-corrected chi connectivity index (χ1v) is 7.03. The van der Waals surface area contributed by atoms with Crippen molar-refractivity contribution in [1.82, 2.24) is 0 Å². The molecule has 0 unspecified atom stereocenters. The van der Waals surface area contributed by atoms with Crippen LogP contribution in [0.5, 0.6) is 17.2 Å². The first-order valence-electron chi connectivity index (χ1n) is 7.03. The van der Waals surface area contributed by atoms with E-state index in [2.05, 4.69) is 4.74 Å². The molecule has 0 saturated heterocycles. The summed E-state index contributed by atoms with van der Waals surface area (Å²) in [6.07, 6.45) is 2.86. The Kier molecular flexibility index (Phi) is 5.89. The van der Waals surface area contributed by atoms with Gasteiger partial charge in [0.25, 0.3) is 0 Å².